The first-order chi connectivity index (χ1) is 12.0. The molecule has 1 N–H and O–H groups in total. The Morgan fingerprint density at radius 1 is 1.08 bits per heavy atom. The lowest BCUT2D eigenvalue weighted by Gasteiger charge is -2.10. The maximum Gasteiger partial charge on any atom is 0.336 e. The zero-order chi connectivity index (χ0) is 18.4. The number of hydrogen-bond donors (Lipinski definition) is 1. The molecule has 2 aromatic rings. The molecule has 0 amide bonds. The Morgan fingerprint density at radius 2 is 1.76 bits per heavy atom. The average Bonchev–Trinajstić information content (AvgIpc) is 2.60. The van der Waals surface area contributed by atoms with Crippen molar-refractivity contribution in [3.63, 3.8) is 0 Å². The summed E-state index contributed by atoms with van der Waals surface area (Å²) in [5, 5.41) is 9.14. The minimum absolute atomic E-state index is 0.178. The van der Waals surface area contributed by atoms with E-state index < -0.39 is 34.5 Å². The van der Waals surface area contributed by atoms with Gasteiger partial charge in [-0.15, -0.1) is 0 Å². The smallest absolute Gasteiger partial charge is 0.336 e. The van der Waals surface area contributed by atoms with E-state index in [-0.39, 0.29) is 5.56 Å². The number of halogens is 3. The van der Waals surface area contributed by atoms with E-state index in [1.165, 1.54) is 12.1 Å². The summed E-state index contributed by atoms with van der Waals surface area (Å²) >= 11 is 0. The lowest BCUT2D eigenvalue weighted by atomic mass is 9.97. The third-order valence-corrected chi connectivity index (χ3v) is 3.88. The molecule has 0 radical (unpaired) electrons. The van der Waals surface area contributed by atoms with E-state index in [4.69, 9.17) is 5.11 Å². The molecule has 0 unspecified atom stereocenters. The summed E-state index contributed by atoms with van der Waals surface area (Å²) in [6, 6.07) is 6.84. The molecule has 2 aromatic carbocycles. The molecule has 5 heteroatoms. The Hall–Kier alpha value is -2.56. The van der Waals surface area contributed by atoms with Crippen molar-refractivity contribution in [2.75, 3.05) is 0 Å². The number of rotatable bonds is 7. The Kier molecular flexibility index (Phi) is 6.39. The third-order valence-electron chi connectivity index (χ3n) is 3.88. The summed E-state index contributed by atoms with van der Waals surface area (Å²) in [5.41, 5.74) is -0.0267. The van der Waals surface area contributed by atoms with Crippen LogP contribution >= 0.6 is 0 Å². The van der Waals surface area contributed by atoms with Crippen LogP contribution in [0.5, 0.6) is 0 Å². The van der Waals surface area contributed by atoms with E-state index in [1.807, 2.05) is 12.2 Å². The van der Waals surface area contributed by atoms with Crippen LogP contribution in [0.2, 0.25) is 0 Å². The second-order valence-corrected chi connectivity index (χ2v) is 5.73. The maximum absolute atomic E-state index is 14.1. The molecule has 2 rings (SSSR count). The maximum atomic E-state index is 14.1. The SMILES string of the molecule is CCCCCC=Cc1ccc(-c2c(C(=O)O)cc(F)c(F)c2F)cc1. The van der Waals surface area contributed by atoms with Gasteiger partial charge in [0, 0.05) is 5.56 Å². The van der Waals surface area contributed by atoms with Gasteiger partial charge < -0.3 is 5.11 Å². The number of carboxylic acids is 1. The van der Waals surface area contributed by atoms with Crippen molar-refractivity contribution in [1.82, 2.24) is 0 Å². The number of allylic oxidation sites excluding steroid dienone is 1. The summed E-state index contributed by atoms with van der Waals surface area (Å²) in [4.78, 5) is 11.2. The second-order valence-electron chi connectivity index (χ2n) is 5.73. The molecule has 0 heterocycles. The van der Waals surface area contributed by atoms with Gasteiger partial charge >= 0.3 is 5.97 Å². The minimum Gasteiger partial charge on any atom is -0.478 e. The van der Waals surface area contributed by atoms with E-state index >= 15 is 0 Å². The van der Waals surface area contributed by atoms with Crippen LogP contribution in [0.25, 0.3) is 17.2 Å². The van der Waals surface area contributed by atoms with Crippen LogP contribution in [0.3, 0.4) is 0 Å². The molecule has 0 spiro atoms. The lowest BCUT2D eigenvalue weighted by Crippen LogP contribution is -2.06. The zero-order valence-corrected chi connectivity index (χ0v) is 13.9. The Bertz CT molecular complexity index is 781. The quantitative estimate of drug-likeness (QED) is 0.487. The van der Waals surface area contributed by atoms with Gasteiger partial charge in [-0.05, 0) is 30.0 Å². The van der Waals surface area contributed by atoms with Crippen LogP contribution in [-0.2, 0) is 0 Å². The van der Waals surface area contributed by atoms with Gasteiger partial charge in [-0.1, -0.05) is 56.2 Å². The molecule has 0 saturated carbocycles. The highest BCUT2D eigenvalue weighted by Gasteiger charge is 2.23. The molecule has 0 fully saturated rings. The fourth-order valence-corrected chi connectivity index (χ4v) is 2.54. The van der Waals surface area contributed by atoms with Crippen LogP contribution in [0.15, 0.2) is 36.4 Å². The highest BCUT2D eigenvalue weighted by Crippen LogP contribution is 2.30. The van der Waals surface area contributed by atoms with Crippen molar-refractivity contribution in [2.24, 2.45) is 0 Å². The van der Waals surface area contributed by atoms with Gasteiger partial charge in [0.05, 0.1) is 5.56 Å². The van der Waals surface area contributed by atoms with Crippen molar-refractivity contribution < 1.29 is 23.1 Å². The van der Waals surface area contributed by atoms with Crippen molar-refractivity contribution in [2.45, 2.75) is 32.6 Å². The first kappa shape index (κ1) is 18.8. The highest BCUT2D eigenvalue weighted by molar-refractivity contribution is 5.96. The summed E-state index contributed by atoms with van der Waals surface area (Å²) in [5.74, 6) is -6.22. The Morgan fingerprint density at radius 3 is 2.36 bits per heavy atom. The van der Waals surface area contributed by atoms with E-state index in [9.17, 15) is 18.0 Å². The molecular formula is C20H19F3O2. The molecule has 0 atom stereocenters. The molecule has 0 saturated heterocycles. The predicted molar refractivity (Wildman–Crippen MR) is 91.9 cm³/mol. The number of benzene rings is 2. The Labute approximate surface area is 144 Å². The molecule has 0 bridgehead atoms. The van der Waals surface area contributed by atoms with Gasteiger partial charge in [0.2, 0.25) is 0 Å². The van der Waals surface area contributed by atoms with E-state index in [0.29, 0.717) is 6.07 Å². The third kappa shape index (κ3) is 4.50. The average molecular weight is 348 g/mol. The van der Waals surface area contributed by atoms with E-state index in [2.05, 4.69) is 6.92 Å². The lowest BCUT2D eigenvalue weighted by molar-refractivity contribution is 0.0696. The zero-order valence-electron chi connectivity index (χ0n) is 13.9. The summed E-state index contributed by atoms with van der Waals surface area (Å²) in [7, 11) is 0. The van der Waals surface area contributed by atoms with Crippen molar-refractivity contribution in [3.8, 4) is 11.1 Å². The second kappa shape index (κ2) is 8.51. The number of aromatic carboxylic acids is 1. The molecule has 25 heavy (non-hydrogen) atoms. The van der Waals surface area contributed by atoms with E-state index in [1.54, 1.807) is 12.1 Å². The van der Waals surface area contributed by atoms with Crippen molar-refractivity contribution in [3.05, 3.63) is 65.0 Å². The molecule has 0 aliphatic heterocycles. The van der Waals surface area contributed by atoms with Gasteiger partial charge in [-0.3, -0.25) is 0 Å². The Balaban J connectivity index is 2.31. The van der Waals surface area contributed by atoms with E-state index in [0.717, 1.165) is 31.2 Å². The van der Waals surface area contributed by atoms with Crippen LogP contribution in [0, 0.1) is 17.5 Å². The predicted octanol–water partition coefficient (Wildman–Crippen LogP) is 6.06. The largest absolute Gasteiger partial charge is 0.478 e. The minimum atomic E-state index is -1.68. The molecule has 0 aliphatic rings. The van der Waals surface area contributed by atoms with Crippen LogP contribution in [-0.4, -0.2) is 11.1 Å². The molecular weight excluding hydrogens is 329 g/mol. The van der Waals surface area contributed by atoms with Crippen LogP contribution in [0.1, 0.15) is 48.5 Å². The molecule has 0 aromatic heterocycles. The normalized spacial score (nSPS) is 11.2. The summed E-state index contributed by atoms with van der Waals surface area (Å²) in [6.45, 7) is 2.13. The molecule has 2 nitrogen and oxygen atoms in total. The number of carboxylic acid groups (broad SMARTS) is 1. The number of carbonyl (C=O) groups is 1. The summed E-state index contributed by atoms with van der Waals surface area (Å²) in [6.07, 6.45) is 8.32. The fraction of sp³-hybridized carbons (Fsp3) is 0.250. The molecule has 132 valence electrons. The number of hydrogen-bond acceptors (Lipinski definition) is 1. The van der Waals surface area contributed by atoms with Gasteiger partial charge in [-0.25, -0.2) is 18.0 Å². The topological polar surface area (TPSA) is 37.3 Å². The van der Waals surface area contributed by atoms with Crippen LogP contribution < -0.4 is 0 Å². The summed E-state index contributed by atoms with van der Waals surface area (Å²) < 4.78 is 40.9. The first-order valence-electron chi connectivity index (χ1n) is 8.13. The monoisotopic (exact) mass is 348 g/mol. The van der Waals surface area contributed by atoms with Gasteiger partial charge in [0.1, 0.15) is 0 Å². The first-order valence-corrected chi connectivity index (χ1v) is 8.13. The fourth-order valence-electron chi connectivity index (χ4n) is 2.54. The highest BCUT2D eigenvalue weighted by atomic mass is 19.2. The number of unbranched alkanes of at least 4 members (excludes halogenated alkanes) is 3. The van der Waals surface area contributed by atoms with Gasteiger partial charge in [0.25, 0.3) is 0 Å². The van der Waals surface area contributed by atoms with Crippen molar-refractivity contribution >= 4 is 12.0 Å². The van der Waals surface area contributed by atoms with Crippen molar-refractivity contribution in [1.29, 1.82) is 0 Å². The standard InChI is InChI=1S/C20H19F3O2/c1-2-3-4-5-6-7-13-8-10-14(11-9-13)17-15(20(24)25)12-16(21)18(22)19(17)23/h6-12H,2-5H2,1H3,(H,24,25). The molecule has 0 aliphatic carbocycles. The van der Waals surface area contributed by atoms with Gasteiger partial charge in [-0.2, -0.15) is 0 Å². The van der Waals surface area contributed by atoms with Crippen LogP contribution in [0.4, 0.5) is 13.2 Å². The van der Waals surface area contributed by atoms with Gasteiger partial charge in [0.15, 0.2) is 17.5 Å².